The highest BCUT2D eigenvalue weighted by atomic mass is 19.4. The molecule has 1 heterocycles. The maximum Gasteiger partial charge on any atom is 0.453 e. The molecule has 0 aliphatic carbocycles. The Morgan fingerprint density at radius 3 is 2.10 bits per heavy atom. The first-order chi connectivity index (χ1) is 14.2. The van der Waals surface area contributed by atoms with Gasteiger partial charge in [-0.2, -0.15) is 13.2 Å². The van der Waals surface area contributed by atoms with Gasteiger partial charge in [0.15, 0.2) is 0 Å². The van der Waals surface area contributed by atoms with Crippen LogP contribution in [0.3, 0.4) is 0 Å². The highest BCUT2D eigenvalue weighted by Crippen LogP contribution is 2.38. The maximum atomic E-state index is 13.5. The number of phenolic OH excluding ortho intramolecular Hbond substituents is 1. The van der Waals surface area contributed by atoms with E-state index in [-0.39, 0.29) is 22.5 Å². The minimum atomic E-state index is -4.96. The number of hydrogen-bond acceptors (Lipinski definition) is 4. The van der Waals surface area contributed by atoms with Crippen LogP contribution < -0.4 is 10.2 Å². The van der Waals surface area contributed by atoms with Gasteiger partial charge >= 0.3 is 6.18 Å². The van der Waals surface area contributed by atoms with E-state index in [1.807, 2.05) is 31.2 Å². The molecule has 4 nitrogen and oxygen atoms in total. The van der Waals surface area contributed by atoms with Crippen molar-refractivity contribution >= 4 is 11.0 Å². The summed E-state index contributed by atoms with van der Waals surface area (Å²) in [6, 6.07) is 17.4. The molecule has 4 rings (SSSR count). The summed E-state index contributed by atoms with van der Waals surface area (Å²) in [6.45, 7) is 1.97. The van der Waals surface area contributed by atoms with E-state index in [1.165, 1.54) is 24.3 Å². The summed E-state index contributed by atoms with van der Waals surface area (Å²) in [5, 5.41) is 9.35. The van der Waals surface area contributed by atoms with Crippen LogP contribution in [0.4, 0.5) is 13.2 Å². The number of aromatic hydroxyl groups is 1. The highest BCUT2D eigenvalue weighted by Gasteiger charge is 2.40. The molecule has 3 aromatic carbocycles. The first-order valence-electron chi connectivity index (χ1n) is 8.94. The Morgan fingerprint density at radius 1 is 0.900 bits per heavy atom. The summed E-state index contributed by atoms with van der Waals surface area (Å²) in [6.07, 6.45) is -4.96. The molecule has 0 aliphatic rings. The van der Waals surface area contributed by atoms with E-state index in [2.05, 4.69) is 0 Å². The van der Waals surface area contributed by atoms with E-state index < -0.39 is 23.1 Å². The Kier molecular flexibility index (Phi) is 4.73. The predicted molar refractivity (Wildman–Crippen MR) is 106 cm³/mol. The highest BCUT2D eigenvalue weighted by molar-refractivity contribution is 5.79. The van der Waals surface area contributed by atoms with Crippen molar-refractivity contribution in [1.82, 2.24) is 0 Å². The lowest BCUT2D eigenvalue weighted by atomic mass is 10.0. The summed E-state index contributed by atoms with van der Waals surface area (Å²) in [5.41, 5.74) is 1.53. The fourth-order valence-electron chi connectivity index (χ4n) is 3.02. The van der Waals surface area contributed by atoms with Crippen LogP contribution >= 0.6 is 0 Å². The van der Waals surface area contributed by atoms with Crippen molar-refractivity contribution < 1.29 is 27.4 Å². The van der Waals surface area contributed by atoms with Gasteiger partial charge in [0.05, 0.1) is 5.39 Å². The predicted octanol–water partition coefficient (Wildman–Crippen LogP) is 6.29. The van der Waals surface area contributed by atoms with E-state index in [1.54, 1.807) is 12.1 Å². The molecule has 0 aliphatic heterocycles. The average Bonchev–Trinajstić information content (AvgIpc) is 2.70. The Morgan fingerprint density at radius 2 is 1.50 bits per heavy atom. The molecule has 0 radical (unpaired) electrons. The van der Waals surface area contributed by atoms with Gasteiger partial charge in [-0.15, -0.1) is 0 Å². The van der Waals surface area contributed by atoms with Gasteiger partial charge in [0.2, 0.25) is 11.2 Å². The molecule has 0 saturated heterocycles. The topological polar surface area (TPSA) is 59.7 Å². The van der Waals surface area contributed by atoms with Crippen molar-refractivity contribution in [1.29, 1.82) is 0 Å². The van der Waals surface area contributed by atoms with E-state index >= 15 is 0 Å². The van der Waals surface area contributed by atoms with Crippen LogP contribution in [-0.4, -0.2) is 5.11 Å². The molecule has 0 spiro atoms. The fourth-order valence-corrected chi connectivity index (χ4v) is 3.02. The molecule has 0 fully saturated rings. The number of aryl methyl sites for hydroxylation is 1. The number of phenols is 1. The van der Waals surface area contributed by atoms with E-state index in [9.17, 15) is 23.1 Å². The van der Waals surface area contributed by atoms with Gasteiger partial charge in [-0.25, -0.2) is 0 Å². The van der Waals surface area contributed by atoms with Gasteiger partial charge in [-0.1, -0.05) is 42.0 Å². The number of hydrogen-bond donors (Lipinski definition) is 1. The third kappa shape index (κ3) is 3.74. The quantitative estimate of drug-likeness (QED) is 0.430. The molecule has 1 aromatic heterocycles. The molecule has 0 bridgehead atoms. The van der Waals surface area contributed by atoms with Crippen molar-refractivity contribution in [3.63, 3.8) is 0 Å². The van der Waals surface area contributed by atoms with Gasteiger partial charge in [0.1, 0.15) is 17.1 Å². The second-order valence-electron chi connectivity index (χ2n) is 6.76. The number of halogens is 3. The largest absolute Gasteiger partial charge is 0.508 e. The van der Waals surface area contributed by atoms with Gasteiger partial charge in [0.25, 0.3) is 5.76 Å². The van der Waals surface area contributed by atoms with Crippen molar-refractivity contribution in [2.24, 2.45) is 0 Å². The lowest BCUT2D eigenvalue weighted by Crippen LogP contribution is -2.15. The van der Waals surface area contributed by atoms with Crippen LogP contribution in [0.2, 0.25) is 0 Å². The molecule has 30 heavy (non-hydrogen) atoms. The van der Waals surface area contributed by atoms with Crippen LogP contribution in [0.1, 0.15) is 11.3 Å². The standard InChI is InChI=1S/C23H15F3O4/c1-13-2-4-14(5-3-13)15-6-9-17(10-7-15)29-21-20(28)18-11-8-16(27)12-19(18)30-22(21)23(24,25)26/h2-12,27H,1H3. The van der Waals surface area contributed by atoms with Crippen molar-refractivity contribution in [3.8, 4) is 28.4 Å². The first-order valence-corrected chi connectivity index (χ1v) is 8.94. The summed E-state index contributed by atoms with van der Waals surface area (Å²) in [4.78, 5) is 12.7. The van der Waals surface area contributed by atoms with Crippen LogP contribution in [0.25, 0.3) is 22.1 Å². The Balaban J connectivity index is 1.76. The molecule has 0 saturated carbocycles. The van der Waals surface area contributed by atoms with E-state index in [0.717, 1.165) is 22.8 Å². The van der Waals surface area contributed by atoms with Gasteiger partial charge in [-0.3, -0.25) is 4.79 Å². The number of ether oxygens (including phenoxy) is 1. The smallest absolute Gasteiger partial charge is 0.453 e. The molecule has 152 valence electrons. The Labute approximate surface area is 168 Å². The lowest BCUT2D eigenvalue weighted by Gasteiger charge is -2.13. The number of fused-ring (bicyclic) bond motifs is 1. The Bertz CT molecular complexity index is 1270. The first kappa shape index (κ1) is 19.6. The van der Waals surface area contributed by atoms with Crippen LogP contribution in [0.15, 0.2) is 75.9 Å². The van der Waals surface area contributed by atoms with Gasteiger partial charge in [0, 0.05) is 6.07 Å². The zero-order chi connectivity index (χ0) is 21.5. The summed E-state index contributed by atoms with van der Waals surface area (Å²) >= 11 is 0. The Hall–Kier alpha value is -3.74. The van der Waals surface area contributed by atoms with Crippen LogP contribution in [0.5, 0.6) is 17.2 Å². The zero-order valence-electron chi connectivity index (χ0n) is 15.7. The molecule has 4 aromatic rings. The second-order valence-corrected chi connectivity index (χ2v) is 6.76. The molecule has 1 N–H and O–H groups in total. The molecule has 0 unspecified atom stereocenters. The van der Waals surface area contributed by atoms with E-state index in [0.29, 0.717) is 0 Å². The fraction of sp³-hybridized carbons (Fsp3) is 0.0870. The lowest BCUT2D eigenvalue weighted by molar-refractivity contribution is -0.154. The number of alkyl halides is 3. The SMILES string of the molecule is Cc1ccc(-c2ccc(Oc3c(C(F)(F)F)oc4cc(O)ccc4c3=O)cc2)cc1. The van der Waals surface area contributed by atoms with Crippen LogP contribution in [0, 0.1) is 6.92 Å². The second kappa shape index (κ2) is 7.26. The van der Waals surface area contributed by atoms with Crippen molar-refractivity contribution in [3.05, 3.63) is 88.3 Å². The summed E-state index contributed by atoms with van der Waals surface area (Å²) < 4.78 is 50.7. The molecule has 0 atom stereocenters. The zero-order valence-corrected chi connectivity index (χ0v) is 15.7. The summed E-state index contributed by atoms with van der Waals surface area (Å²) in [7, 11) is 0. The van der Waals surface area contributed by atoms with Crippen molar-refractivity contribution in [2.45, 2.75) is 13.1 Å². The van der Waals surface area contributed by atoms with Crippen LogP contribution in [-0.2, 0) is 6.18 Å². The summed E-state index contributed by atoms with van der Waals surface area (Å²) in [5.74, 6) is -2.78. The maximum absolute atomic E-state index is 13.5. The monoisotopic (exact) mass is 412 g/mol. The normalized spacial score (nSPS) is 11.6. The molecular formula is C23H15F3O4. The minimum absolute atomic E-state index is 0.0572. The van der Waals surface area contributed by atoms with Gasteiger partial charge in [-0.05, 0) is 42.3 Å². The third-order valence-corrected chi connectivity index (χ3v) is 4.55. The van der Waals surface area contributed by atoms with Gasteiger partial charge < -0.3 is 14.3 Å². The number of benzene rings is 3. The average molecular weight is 412 g/mol. The van der Waals surface area contributed by atoms with Crippen molar-refractivity contribution in [2.75, 3.05) is 0 Å². The molecule has 0 amide bonds. The molecular weight excluding hydrogens is 397 g/mol. The number of rotatable bonds is 3. The van der Waals surface area contributed by atoms with E-state index in [4.69, 9.17) is 9.15 Å². The molecule has 7 heteroatoms. The minimum Gasteiger partial charge on any atom is -0.508 e. The third-order valence-electron chi connectivity index (χ3n) is 4.55.